The third kappa shape index (κ3) is 2.21. The summed E-state index contributed by atoms with van der Waals surface area (Å²) >= 11 is 0. The molecule has 5 rings (SSSR count). The Kier molecular flexibility index (Phi) is 3.32. The molecule has 0 bridgehead atoms. The summed E-state index contributed by atoms with van der Waals surface area (Å²) in [6.07, 6.45) is 0. The van der Waals surface area contributed by atoms with Crippen LogP contribution in [0.2, 0.25) is 0 Å². The van der Waals surface area contributed by atoms with E-state index in [1.807, 2.05) is 66.7 Å². The Morgan fingerprint density at radius 2 is 0.923 bits per heavy atom. The van der Waals surface area contributed by atoms with E-state index < -0.39 is 0 Å². The number of Topliss-reactive ketones (excluding diaryl/α,β-unsaturated/α-hetero) is 1. The zero-order valence-corrected chi connectivity index (χ0v) is 14.1. The van der Waals surface area contributed by atoms with Crippen LogP contribution in [0, 0.1) is 0 Å². The lowest BCUT2D eigenvalue weighted by molar-refractivity contribution is 0.105. The molecule has 4 aromatic rings. The quantitative estimate of drug-likeness (QED) is 0.440. The molecule has 1 aliphatic carbocycles. The minimum Gasteiger partial charge on any atom is -0.289 e. The number of carbonyl (C=O) groups is 1. The molecule has 26 heavy (non-hydrogen) atoms. The molecule has 1 nitrogen and oxygen atoms in total. The summed E-state index contributed by atoms with van der Waals surface area (Å²) in [6, 6.07) is 32.6. The first-order valence-corrected chi connectivity index (χ1v) is 8.76. The van der Waals surface area contributed by atoms with Gasteiger partial charge in [0.2, 0.25) is 0 Å². The third-order valence-corrected chi connectivity index (χ3v) is 5.00. The van der Waals surface area contributed by atoms with E-state index in [0.717, 1.165) is 44.2 Å². The van der Waals surface area contributed by atoms with E-state index in [1.165, 1.54) is 0 Å². The molecule has 0 saturated carbocycles. The fourth-order valence-electron chi connectivity index (χ4n) is 3.80. The van der Waals surface area contributed by atoms with Crippen LogP contribution in [0.5, 0.6) is 0 Å². The predicted octanol–water partition coefficient (Wildman–Crippen LogP) is 6.00. The van der Waals surface area contributed by atoms with Crippen molar-refractivity contribution in [3.63, 3.8) is 0 Å². The first-order chi connectivity index (χ1) is 12.8. The van der Waals surface area contributed by atoms with Gasteiger partial charge in [-0.3, -0.25) is 4.79 Å². The largest absolute Gasteiger partial charge is 0.289 e. The van der Waals surface area contributed by atoms with Gasteiger partial charge in [0.25, 0.3) is 0 Å². The molecule has 0 heterocycles. The number of allylic oxidation sites excluding steroid dienone is 1. The third-order valence-electron chi connectivity index (χ3n) is 5.00. The summed E-state index contributed by atoms with van der Waals surface area (Å²) in [5.74, 6) is 0.107. The van der Waals surface area contributed by atoms with E-state index in [2.05, 4.69) is 30.3 Å². The van der Waals surface area contributed by atoms with Crippen molar-refractivity contribution < 1.29 is 4.79 Å². The van der Waals surface area contributed by atoms with Crippen LogP contribution in [-0.2, 0) is 0 Å². The molecular weight excluding hydrogens is 316 g/mol. The second kappa shape index (κ2) is 5.82. The highest BCUT2D eigenvalue weighted by Crippen LogP contribution is 2.43. The molecule has 0 unspecified atom stereocenters. The number of benzene rings is 4. The normalized spacial score (nSPS) is 13.3. The summed E-state index contributed by atoms with van der Waals surface area (Å²) in [6.45, 7) is 0. The van der Waals surface area contributed by atoms with Crippen LogP contribution in [0.25, 0.3) is 21.9 Å². The van der Waals surface area contributed by atoms with Crippen molar-refractivity contribution in [1.29, 1.82) is 0 Å². The molecule has 0 aliphatic heterocycles. The van der Waals surface area contributed by atoms with E-state index in [-0.39, 0.29) is 5.78 Å². The van der Waals surface area contributed by atoms with Gasteiger partial charge in [0.05, 0.1) is 0 Å². The lowest BCUT2D eigenvalue weighted by atomic mass is 9.93. The number of rotatable bonds is 2. The Balaban J connectivity index is 1.86. The summed E-state index contributed by atoms with van der Waals surface area (Å²) in [5, 5.41) is 2.25. The zero-order chi connectivity index (χ0) is 17.5. The maximum atomic E-state index is 13.4. The number of fused-ring (bicyclic) bond motifs is 2. The van der Waals surface area contributed by atoms with Crippen LogP contribution in [0.4, 0.5) is 0 Å². The van der Waals surface area contributed by atoms with Crippen molar-refractivity contribution in [2.24, 2.45) is 0 Å². The van der Waals surface area contributed by atoms with Gasteiger partial charge >= 0.3 is 0 Å². The molecule has 1 heteroatoms. The molecule has 0 N–H and O–H groups in total. The maximum Gasteiger partial charge on any atom is 0.194 e. The van der Waals surface area contributed by atoms with E-state index in [9.17, 15) is 4.79 Å². The van der Waals surface area contributed by atoms with E-state index in [1.54, 1.807) is 0 Å². The zero-order valence-electron chi connectivity index (χ0n) is 14.1. The molecule has 0 atom stereocenters. The van der Waals surface area contributed by atoms with Crippen molar-refractivity contribution in [1.82, 2.24) is 0 Å². The standard InChI is InChI=1S/C25H16O/c26-25-22-16-20-14-8-7-13-19(20)15-21(22)23(17-9-3-1-4-10-17)24(25)18-11-5-2-6-12-18/h1-16H. The van der Waals surface area contributed by atoms with Crippen molar-refractivity contribution in [3.8, 4) is 0 Å². The van der Waals surface area contributed by atoms with Crippen LogP contribution in [0.1, 0.15) is 27.0 Å². The lowest BCUT2D eigenvalue weighted by Crippen LogP contribution is -1.98. The first-order valence-electron chi connectivity index (χ1n) is 8.76. The topological polar surface area (TPSA) is 17.1 Å². The molecule has 0 aromatic heterocycles. The van der Waals surface area contributed by atoms with Gasteiger partial charge in [-0.05, 0) is 39.6 Å². The number of carbonyl (C=O) groups excluding carboxylic acids is 1. The molecule has 0 saturated heterocycles. The van der Waals surface area contributed by atoms with Crippen molar-refractivity contribution in [2.45, 2.75) is 0 Å². The van der Waals surface area contributed by atoms with Crippen LogP contribution in [0.3, 0.4) is 0 Å². The van der Waals surface area contributed by atoms with Crippen molar-refractivity contribution >= 4 is 27.7 Å². The second-order valence-electron chi connectivity index (χ2n) is 6.56. The van der Waals surface area contributed by atoms with E-state index in [4.69, 9.17) is 0 Å². The van der Waals surface area contributed by atoms with Crippen molar-refractivity contribution in [2.75, 3.05) is 0 Å². The van der Waals surface area contributed by atoms with Crippen LogP contribution in [0.15, 0.2) is 97.1 Å². The summed E-state index contributed by atoms with van der Waals surface area (Å²) in [5.41, 5.74) is 5.69. The van der Waals surface area contributed by atoms with Gasteiger partial charge in [-0.2, -0.15) is 0 Å². The van der Waals surface area contributed by atoms with E-state index in [0.29, 0.717) is 0 Å². The van der Waals surface area contributed by atoms with Gasteiger partial charge in [-0.25, -0.2) is 0 Å². The minimum absolute atomic E-state index is 0.107. The summed E-state index contributed by atoms with van der Waals surface area (Å²) in [7, 11) is 0. The lowest BCUT2D eigenvalue weighted by Gasteiger charge is -2.09. The summed E-state index contributed by atoms with van der Waals surface area (Å²) in [4.78, 5) is 13.4. The molecular formula is C25H16O. The van der Waals surface area contributed by atoms with E-state index >= 15 is 0 Å². The molecule has 0 spiro atoms. The molecule has 0 fully saturated rings. The SMILES string of the molecule is O=C1C(c2ccccc2)=C(c2ccccc2)c2cc3ccccc3cc21. The fourth-order valence-corrected chi connectivity index (χ4v) is 3.80. The highest BCUT2D eigenvalue weighted by atomic mass is 16.1. The average Bonchev–Trinajstić information content (AvgIpc) is 2.99. The monoisotopic (exact) mass is 332 g/mol. The van der Waals surface area contributed by atoms with Gasteiger partial charge in [-0.1, -0.05) is 84.9 Å². The van der Waals surface area contributed by atoms with Gasteiger partial charge < -0.3 is 0 Å². The van der Waals surface area contributed by atoms with Crippen LogP contribution in [-0.4, -0.2) is 5.78 Å². The second-order valence-corrected chi connectivity index (χ2v) is 6.56. The van der Waals surface area contributed by atoms with Gasteiger partial charge in [0, 0.05) is 16.7 Å². The minimum atomic E-state index is 0.107. The Morgan fingerprint density at radius 3 is 1.50 bits per heavy atom. The Labute approximate surface area is 152 Å². The predicted molar refractivity (Wildman–Crippen MR) is 107 cm³/mol. The highest BCUT2D eigenvalue weighted by Gasteiger charge is 2.31. The Morgan fingerprint density at radius 1 is 0.462 bits per heavy atom. The fraction of sp³-hybridized carbons (Fsp3) is 0. The molecule has 0 amide bonds. The van der Waals surface area contributed by atoms with Gasteiger partial charge in [-0.15, -0.1) is 0 Å². The molecule has 122 valence electrons. The average molecular weight is 332 g/mol. The van der Waals surface area contributed by atoms with Crippen LogP contribution < -0.4 is 0 Å². The number of ketones is 1. The van der Waals surface area contributed by atoms with Gasteiger partial charge in [0.1, 0.15) is 0 Å². The summed E-state index contributed by atoms with van der Waals surface area (Å²) < 4.78 is 0. The highest BCUT2D eigenvalue weighted by molar-refractivity contribution is 6.42. The molecule has 4 aromatic carbocycles. The maximum absolute atomic E-state index is 13.4. The number of hydrogen-bond acceptors (Lipinski definition) is 1. The Hall–Kier alpha value is -3.45. The van der Waals surface area contributed by atoms with Crippen molar-refractivity contribution in [3.05, 3.63) is 119 Å². The Bertz CT molecular complexity index is 1170. The smallest absolute Gasteiger partial charge is 0.194 e. The van der Waals surface area contributed by atoms with Crippen LogP contribution >= 0.6 is 0 Å². The number of hydrogen-bond donors (Lipinski definition) is 0. The molecule has 1 aliphatic rings. The first kappa shape index (κ1) is 14.9. The van der Waals surface area contributed by atoms with Gasteiger partial charge in [0.15, 0.2) is 5.78 Å². The molecule has 0 radical (unpaired) electrons.